The Morgan fingerprint density at radius 1 is 1.25 bits per heavy atom. The van der Waals surface area contributed by atoms with Crippen LogP contribution in [0, 0.1) is 17.2 Å². The molecule has 3 aromatic rings. The summed E-state index contributed by atoms with van der Waals surface area (Å²) in [5.41, 5.74) is 1.53. The second kappa shape index (κ2) is 11.1. The number of amides is 2. The molecule has 2 amide bonds. The molecule has 3 aromatic heterocycles. The normalized spacial score (nSPS) is 19.3. The zero-order valence-corrected chi connectivity index (χ0v) is 22.4. The lowest BCUT2D eigenvalue weighted by atomic mass is 9.80. The van der Waals surface area contributed by atoms with Crippen molar-refractivity contribution in [3.63, 3.8) is 0 Å². The number of nitrogens with zero attached hydrogens (tertiary/aromatic N) is 4. The number of halogens is 1. The van der Waals surface area contributed by atoms with Crippen LogP contribution in [0.4, 0.5) is 14.9 Å². The molecule has 0 aliphatic heterocycles. The number of ether oxygens (including phenoxy) is 1. The summed E-state index contributed by atoms with van der Waals surface area (Å²) in [6.45, 7) is 2.65. The average molecular weight is 550 g/mol. The first kappa shape index (κ1) is 27.3. The van der Waals surface area contributed by atoms with Crippen LogP contribution >= 0.6 is 0 Å². The van der Waals surface area contributed by atoms with Gasteiger partial charge in [-0.2, -0.15) is 10.4 Å². The molecule has 2 saturated carbocycles. The maximum atomic E-state index is 14.3. The average Bonchev–Trinajstić information content (AvgIpc) is 3.62. The second-order valence-electron chi connectivity index (χ2n) is 11.1. The number of carbonyl (C=O) groups is 2. The second-order valence-corrected chi connectivity index (χ2v) is 11.1. The minimum absolute atomic E-state index is 0.0348. The van der Waals surface area contributed by atoms with Crippen LogP contribution in [0.3, 0.4) is 0 Å². The zero-order valence-electron chi connectivity index (χ0n) is 22.4. The van der Waals surface area contributed by atoms with Gasteiger partial charge in [-0.25, -0.2) is 13.7 Å². The van der Waals surface area contributed by atoms with Gasteiger partial charge in [0.15, 0.2) is 0 Å². The van der Waals surface area contributed by atoms with Gasteiger partial charge in [-0.05, 0) is 69.7 Å². The van der Waals surface area contributed by atoms with E-state index in [4.69, 9.17) is 10.00 Å². The van der Waals surface area contributed by atoms with Gasteiger partial charge >= 0.3 is 6.09 Å². The molecule has 4 N–H and O–H groups in total. The number of hydrogen-bond acceptors (Lipinski definition) is 8. The number of anilines is 1. The van der Waals surface area contributed by atoms with Gasteiger partial charge in [-0.15, -0.1) is 0 Å². The van der Waals surface area contributed by atoms with E-state index in [1.54, 1.807) is 16.6 Å². The van der Waals surface area contributed by atoms with Crippen molar-refractivity contribution in [2.45, 2.75) is 63.4 Å². The van der Waals surface area contributed by atoms with Crippen LogP contribution in [0.25, 0.3) is 16.9 Å². The summed E-state index contributed by atoms with van der Waals surface area (Å²) in [6, 6.07) is 9.46. The van der Waals surface area contributed by atoms with Gasteiger partial charge in [0.05, 0.1) is 58.7 Å². The van der Waals surface area contributed by atoms with Gasteiger partial charge in [-0.1, -0.05) is 0 Å². The quantitative estimate of drug-likeness (QED) is 0.301. The van der Waals surface area contributed by atoms with Crippen LogP contribution in [0.1, 0.15) is 55.5 Å². The standard InChI is InChI=1S/C28H32FN7O4/c1-28(2,39)25(29)14-32-26(37)21-13-31-23(24-6-5-20-9-17(11-30)12-33-36(20)24)10-22(21)34-19-7-16(8-19)15-40-27(38)35-18-3-4-18/h5-6,9-10,12-13,16,18-19,25,39H,3-4,7-8,14-15H2,1-2H3,(H,31,34)(H,32,37)(H,35,38). The van der Waals surface area contributed by atoms with Crippen LogP contribution in [-0.4, -0.2) is 68.7 Å². The van der Waals surface area contributed by atoms with E-state index in [9.17, 15) is 19.1 Å². The van der Waals surface area contributed by atoms with Crippen molar-refractivity contribution in [1.29, 1.82) is 5.26 Å². The highest BCUT2D eigenvalue weighted by Gasteiger charge is 2.32. The smallest absolute Gasteiger partial charge is 0.407 e. The summed E-state index contributed by atoms with van der Waals surface area (Å²) >= 11 is 0. The molecule has 40 heavy (non-hydrogen) atoms. The molecule has 11 nitrogen and oxygen atoms in total. The SMILES string of the molecule is CC(C)(O)C(F)CNC(=O)c1cnc(-c2ccc3cc(C#N)cnn23)cc1NC1CC(COC(=O)NC2CC2)C1. The Balaban J connectivity index is 1.31. The van der Waals surface area contributed by atoms with E-state index in [0.717, 1.165) is 31.2 Å². The number of nitrogens with one attached hydrogen (secondary N) is 3. The summed E-state index contributed by atoms with van der Waals surface area (Å²) in [5, 5.41) is 32.1. The van der Waals surface area contributed by atoms with Crippen LogP contribution in [0.5, 0.6) is 0 Å². The van der Waals surface area contributed by atoms with Crippen molar-refractivity contribution in [1.82, 2.24) is 25.2 Å². The number of nitriles is 1. The number of fused-ring (bicyclic) bond motifs is 1. The maximum absolute atomic E-state index is 14.3. The Bertz CT molecular complexity index is 1450. The van der Waals surface area contributed by atoms with E-state index in [2.05, 4.69) is 32.1 Å². The van der Waals surface area contributed by atoms with E-state index in [1.165, 1.54) is 26.2 Å². The summed E-state index contributed by atoms with van der Waals surface area (Å²) in [7, 11) is 0. The predicted octanol–water partition coefficient (Wildman–Crippen LogP) is 3.19. The molecule has 1 atom stereocenters. The minimum Gasteiger partial charge on any atom is -0.449 e. The Morgan fingerprint density at radius 3 is 2.73 bits per heavy atom. The first-order valence-corrected chi connectivity index (χ1v) is 13.3. The van der Waals surface area contributed by atoms with Gasteiger partial charge in [0.2, 0.25) is 0 Å². The highest BCUT2D eigenvalue weighted by atomic mass is 19.1. The van der Waals surface area contributed by atoms with Crippen molar-refractivity contribution < 1.29 is 23.8 Å². The fourth-order valence-electron chi connectivity index (χ4n) is 4.52. The Kier molecular flexibility index (Phi) is 7.58. The van der Waals surface area contributed by atoms with Crippen molar-refractivity contribution >= 4 is 23.2 Å². The van der Waals surface area contributed by atoms with Crippen LogP contribution in [0.2, 0.25) is 0 Å². The van der Waals surface area contributed by atoms with Crippen molar-refractivity contribution in [3.8, 4) is 17.5 Å². The zero-order chi connectivity index (χ0) is 28.4. The van der Waals surface area contributed by atoms with Crippen LogP contribution in [-0.2, 0) is 4.74 Å². The molecule has 0 radical (unpaired) electrons. The first-order valence-electron chi connectivity index (χ1n) is 13.3. The molecule has 0 aromatic carbocycles. The van der Waals surface area contributed by atoms with Crippen molar-refractivity contribution in [2.24, 2.45) is 5.92 Å². The van der Waals surface area contributed by atoms with Crippen LogP contribution < -0.4 is 16.0 Å². The third-order valence-corrected chi connectivity index (χ3v) is 7.19. The molecule has 3 heterocycles. The topological polar surface area (TPSA) is 154 Å². The van der Waals surface area contributed by atoms with Crippen molar-refractivity contribution in [3.05, 3.63) is 47.8 Å². The molecule has 0 bridgehead atoms. The lowest BCUT2D eigenvalue weighted by molar-refractivity contribution is -0.00178. The van der Waals surface area contributed by atoms with E-state index >= 15 is 0 Å². The molecule has 0 spiro atoms. The van der Waals surface area contributed by atoms with Gasteiger partial charge in [-0.3, -0.25) is 9.78 Å². The van der Waals surface area contributed by atoms with Gasteiger partial charge in [0.1, 0.15) is 12.2 Å². The van der Waals surface area contributed by atoms with Gasteiger partial charge in [0.25, 0.3) is 5.91 Å². The number of aromatic nitrogens is 3. The number of carbonyl (C=O) groups excluding carboxylic acids is 2. The summed E-state index contributed by atoms with van der Waals surface area (Å²) in [6.07, 6.45) is 4.33. The van der Waals surface area contributed by atoms with Gasteiger partial charge < -0.3 is 25.8 Å². The fraction of sp³-hybridized carbons (Fsp3) is 0.464. The molecule has 210 valence electrons. The van der Waals surface area contributed by atoms with E-state index in [1.807, 2.05) is 12.1 Å². The molecule has 2 fully saturated rings. The summed E-state index contributed by atoms with van der Waals surface area (Å²) < 4.78 is 21.3. The largest absolute Gasteiger partial charge is 0.449 e. The highest BCUT2D eigenvalue weighted by Crippen LogP contribution is 2.33. The summed E-state index contributed by atoms with van der Waals surface area (Å²) in [4.78, 5) is 29.3. The van der Waals surface area contributed by atoms with E-state index in [-0.39, 0.29) is 36.2 Å². The third kappa shape index (κ3) is 6.31. The molecule has 2 aliphatic rings. The van der Waals surface area contributed by atoms with E-state index < -0.39 is 17.7 Å². The molecule has 5 rings (SSSR count). The molecule has 12 heteroatoms. The number of rotatable bonds is 10. The Labute approximate surface area is 230 Å². The highest BCUT2D eigenvalue weighted by molar-refractivity contribution is 6.00. The lowest BCUT2D eigenvalue weighted by Gasteiger charge is -2.36. The Hall–Kier alpha value is -4.24. The molecule has 1 unspecified atom stereocenters. The molecule has 0 saturated heterocycles. The van der Waals surface area contributed by atoms with Crippen LogP contribution in [0.15, 0.2) is 36.7 Å². The maximum Gasteiger partial charge on any atom is 0.407 e. The van der Waals surface area contributed by atoms with E-state index in [0.29, 0.717) is 29.2 Å². The Morgan fingerprint density at radius 2 is 2.02 bits per heavy atom. The van der Waals surface area contributed by atoms with Gasteiger partial charge in [0, 0.05) is 18.3 Å². The monoisotopic (exact) mass is 549 g/mol. The summed E-state index contributed by atoms with van der Waals surface area (Å²) in [5.74, 6) is -0.325. The number of pyridine rings is 1. The fourth-order valence-corrected chi connectivity index (χ4v) is 4.52. The third-order valence-electron chi connectivity index (χ3n) is 7.19. The minimum atomic E-state index is -1.65. The molecular weight excluding hydrogens is 517 g/mol. The number of hydrogen-bond donors (Lipinski definition) is 4. The number of aliphatic hydroxyl groups is 1. The van der Waals surface area contributed by atoms with Crippen molar-refractivity contribution in [2.75, 3.05) is 18.5 Å². The molecular formula is C28H32FN7O4. The lowest BCUT2D eigenvalue weighted by Crippen LogP contribution is -2.42. The predicted molar refractivity (Wildman–Crippen MR) is 144 cm³/mol. The first-order chi connectivity index (χ1) is 19.1. The number of alkyl carbamates (subject to hydrolysis) is 1. The number of alkyl halides is 1. The molecule has 2 aliphatic carbocycles.